The summed E-state index contributed by atoms with van der Waals surface area (Å²) in [5.74, 6) is 5.82. The van der Waals surface area contributed by atoms with Gasteiger partial charge in [-0.1, -0.05) is 6.07 Å². The molecule has 1 aromatic rings. The van der Waals surface area contributed by atoms with Crippen LogP contribution in [0.15, 0.2) is 17.5 Å². The molecule has 1 heterocycles. The Balaban J connectivity index is 2.06. The third-order valence-electron chi connectivity index (χ3n) is 2.32. The highest BCUT2D eigenvalue weighted by atomic mass is 32.1. The van der Waals surface area contributed by atoms with E-state index < -0.39 is 0 Å². The van der Waals surface area contributed by atoms with Gasteiger partial charge in [-0.05, 0) is 44.1 Å². The molecule has 0 aliphatic carbocycles. The number of hydrogen-bond donors (Lipinski definition) is 1. The molecular formula is C13H18OS. The molecule has 0 aromatic carbocycles. The normalized spacial score (nSPS) is 11.9. The molecule has 0 aliphatic heterocycles. The van der Waals surface area contributed by atoms with Crippen LogP contribution in [-0.2, 0) is 6.42 Å². The monoisotopic (exact) mass is 222 g/mol. The van der Waals surface area contributed by atoms with E-state index in [-0.39, 0.29) is 6.10 Å². The molecule has 0 spiro atoms. The molecule has 82 valence electrons. The first kappa shape index (κ1) is 12.3. The second-order valence-electron chi connectivity index (χ2n) is 3.59. The minimum absolute atomic E-state index is 0.175. The average molecular weight is 222 g/mol. The van der Waals surface area contributed by atoms with E-state index in [1.165, 1.54) is 4.88 Å². The maximum atomic E-state index is 9.64. The first-order valence-corrected chi connectivity index (χ1v) is 6.31. The third-order valence-corrected chi connectivity index (χ3v) is 3.26. The zero-order chi connectivity index (χ0) is 10.9. The molecule has 1 atom stereocenters. The molecule has 1 rings (SSSR count). The highest BCUT2D eigenvalue weighted by molar-refractivity contribution is 7.09. The van der Waals surface area contributed by atoms with Crippen LogP contribution >= 0.6 is 11.3 Å². The van der Waals surface area contributed by atoms with Gasteiger partial charge in [-0.25, -0.2) is 0 Å². The predicted molar refractivity (Wildman–Crippen MR) is 65.9 cm³/mol. The third kappa shape index (κ3) is 5.61. The Labute approximate surface area is 96.1 Å². The Bertz CT molecular complexity index is 305. The van der Waals surface area contributed by atoms with Gasteiger partial charge in [0.15, 0.2) is 0 Å². The van der Waals surface area contributed by atoms with Crippen molar-refractivity contribution in [2.75, 3.05) is 0 Å². The lowest BCUT2D eigenvalue weighted by Crippen LogP contribution is -2.05. The standard InChI is InChI=1S/C13H18OS/c1-2-3-4-7-12(14)8-5-9-13-10-6-11-15-13/h6,10-12,14H,4-5,7-9H2,1H3. The molecule has 1 nitrogen and oxygen atoms in total. The summed E-state index contributed by atoms with van der Waals surface area (Å²) in [6.45, 7) is 1.84. The van der Waals surface area contributed by atoms with E-state index in [0.29, 0.717) is 0 Å². The van der Waals surface area contributed by atoms with Crippen molar-refractivity contribution >= 4 is 11.3 Å². The molecule has 0 aliphatic rings. The molecule has 15 heavy (non-hydrogen) atoms. The molecule has 0 saturated carbocycles. The second kappa shape index (κ2) is 7.50. The summed E-state index contributed by atoms with van der Waals surface area (Å²) < 4.78 is 0. The van der Waals surface area contributed by atoms with E-state index in [0.717, 1.165) is 32.1 Å². The van der Waals surface area contributed by atoms with Gasteiger partial charge in [-0.15, -0.1) is 23.2 Å². The highest BCUT2D eigenvalue weighted by Crippen LogP contribution is 2.13. The first-order chi connectivity index (χ1) is 7.33. The SMILES string of the molecule is CC#CCCC(O)CCCc1cccs1. The lowest BCUT2D eigenvalue weighted by Gasteiger charge is -2.07. The van der Waals surface area contributed by atoms with Crippen LogP contribution in [0.4, 0.5) is 0 Å². The molecule has 0 fully saturated rings. The van der Waals surface area contributed by atoms with Crippen molar-refractivity contribution in [1.82, 2.24) is 0 Å². The van der Waals surface area contributed by atoms with Crippen molar-refractivity contribution in [2.45, 2.75) is 45.1 Å². The Morgan fingerprint density at radius 2 is 2.33 bits per heavy atom. The van der Waals surface area contributed by atoms with Crippen LogP contribution in [0.3, 0.4) is 0 Å². The van der Waals surface area contributed by atoms with Gasteiger partial charge in [-0.2, -0.15) is 0 Å². The summed E-state index contributed by atoms with van der Waals surface area (Å²) in [4.78, 5) is 1.41. The van der Waals surface area contributed by atoms with Gasteiger partial charge in [0.2, 0.25) is 0 Å². The van der Waals surface area contributed by atoms with Crippen molar-refractivity contribution in [3.05, 3.63) is 22.4 Å². The topological polar surface area (TPSA) is 20.2 Å². The average Bonchev–Trinajstić information content (AvgIpc) is 2.71. The number of aryl methyl sites for hydroxylation is 1. The summed E-state index contributed by atoms with van der Waals surface area (Å²) in [6.07, 6.45) is 4.51. The molecule has 0 bridgehead atoms. The van der Waals surface area contributed by atoms with E-state index in [4.69, 9.17) is 0 Å². The summed E-state index contributed by atoms with van der Waals surface area (Å²) >= 11 is 1.79. The second-order valence-corrected chi connectivity index (χ2v) is 4.62. The van der Waals surface area contributed by atoms with Gasteiger partial charge in [0.1, 0.15) is 0 Å². The van der Waals surface area contributed by atoms with E-state index >= 15 is 0 Å². The number of rotatable bonds is 6. The zero-order valence-corrected chi connectivity index (χ0v) is 10.0. The van der Waals surface area contributed by atoms with Gasteiger partial charge in [0.05, 0.1) is 6.10 Å². The smallest absolute Gasteiger partial charge is 0.0549 e. The van der Waals surface area contributed by atoms with Crippen molar-refractivity contribution < 1.29 is 5.11 Å². The van der Waals surface area contributed by atoms with Crippen LogP contribution in [0.5, 0.6) is 0 Å². The van der Waals surface area contributed by atoms with Gasteiger partial charge < -0.3 is 5.11 Å². The Kier molecular flexibility index (Phi) is 6.15. The maximum absolute atomic E-state index is 9.64. The molecule has 0 amide bonds. The van der Waals surface area contributed by atoms with Crippen molar-refractivity contribution in [3.8, 4) is 11.8 Å². The fraction of sp³-hybridized carbons (Fsp3) is 0.538. The van der Waals surface area contributed by atoms with Crippen LogP contribution in [0.25, 0.3) is 0 Å². The molecule has 0 radical (unpaired) electrons. The largest absolute Gasteiger partial charge is 0.393 e. The van der Waals surface area contributed by atoms with Gasteiger partial charge in [-0.3, -0.25) is 0 Å². The zero-order valence-electron chi connectivity index (χ0n) is 9.20. The van der Waals surface area contributed by atoms with E-state index in [2.05, 4.69) is 29.4 Å². The summed E-state index contributed by atoms with van der Waals surface area (Å²) in [5.41, 5.74) is 0. The van der Waals surface area contributed by atoms with E-state index in [9.17, 15) is 5.11 Å². The number of aliphatic hydroxyl groups is 1. The molecule has 0 saturated heterocycles. The predicted octanol–water partition coefficient (Wildman–Crippen LogP) is 3.24. The Morgan fingerprint density at radius 1 is 1.47 bits per heavy atom. The van der Waals surface area contributed by atoms with Crippen molar-refractivity contribution in [1.29, 1.82) is 0 Å². The molecule has 1 aromatic heterocycles. The Hall–Kier alpha value is -0.780. The fourth-order valence-corrected chi connectivity index (χ4v) is 2.23. The Morgan fingerprint density at radius 3 is 3.00 bits per heavy atom. The van der Waals surface area contributed by atoms with E-state index in [1.807, 2.05) is 6.92 Å². The molecule has 1 unspecified atom stereocenters. The number of aliphatic hydroxyl groups excluding tert-OH is 1. The number of thiophene rings is 1. The quantitative estimate of drug-likeness (QED) is 0.733. The van der Waals surface area contributed by atoms with E-state index in [1.54, 1.807) is 11.3 Å². The molecule has 1 N–H and O–H groups in total. The summed E-state index contributed by atoms with van der Waals surface area (Å²) in [6, 6.07) is 4.23. The summed E-state index contributed by atoms with van der Waals surface area (Å²) in [7, 11) is 0. The highest BCUT2D eigenvalue weighted by Gasteiger charge is 2.03. The molecule has 2 heteroatoms. The van der Waals surface area contributed by atoms with Gasteiger partial charge in [0, 0.05) is 11.3 Å². The minimum atomic E-state index is -0.175. The van der Waals surface area contributed by atoms with Crippen LogP contribution < -0.4 is 0 Å². The van der Waals surface area contributed by atoms with Gasteiger partial charge >= 0.3 is 0 Å². The summed E-state index contributed by atoms with van der Waals surface area (Å²) in [5, 5.41) is 11.7. The lowest BCUT2D eigenvalue weighted by molar-refractivity contribution is 0.154. The first-order valence-electron chi connectivity index (χ1n) is 5.43. The lowest BCUT2D eigenvalue weighted by atomic mass is 10.1. The van der Waals surface area contributed by atoms with Crippen molar-refractivity contribution in [3.63, 3.8) is 0 Å². The maximum Gasteiger partial charge on any atom is 0.0549 e. The van der Waals surface area contributed by atoms with Crippen molar-refractivity contribution in [2.24, 2.45) is 0 Å². The van der Waals surface area contributed by atoms with Crippen LogP contribution in [-0.4, -0.2) is 11.2 Å². The molecular weight excluding hydrogens is 204 g/mol. The minimum Gasteiger partial charge on any atom is -0.393 e. The fourth-order valence-electron chi connectivity index (χ4n) is 1.47. The van der Waals surface area contributed by atoms with Crippen LogP contribution in [0.2, 0.25) is 0 Å². The number of hydrogen-bond acceptors (Lipinski definition) is 2. The van der Waals surface area contributed by atoms with Crippen LogP contribution in [0, 0.1) is 11.8 Å². The van der Waals surface area contributed by atoms with Crippen LogP contribution in [0.1, 0.15) is 37.5 Å². The van der Waals surface area contributed by atoms with Gasteiger partial charge in [0.25, 0.3) is 0 Å².